The summed E-state index contributed by atoms with van der Waals surface area (Å²) < 4.78 is 51.2. The second kappa shape index (κ2) is 51.8. The van der Waals surface area contributed by atoms with Crippen molar-refractivity contribution in [3.05, 3.63) is 61.8 Å². The summed E-state index contributed by atoms with van der Waals surface area (Å²) in [6, 6.07) is -0.786. The van der Waals surface area contributed by atoms with E-state index in [9.17, 15) is 38.4 Å². The first kappa shape index (κ1) is 73.9. The molecule has 0 bridgehead atoms. The van der Waals surface area contributed by atoms with E-state index in [1.165, 1.54) is 32.3 Å². The first-order chi connectivity index (χ1) is 33.6. The average Bonchev–Trinajstić information content (AvgIpc) is 3.29. The molecule has 0 heterocycles. The maximum absolute atomic E-state index is 11.9. The average molecular weight is 1050 g/mol. The van der Waals surface area contributed by atoms with Crippen LogP contribution in [0.4, 0.5) is 9.59 Å². The van der Waals surface area contributed by atoms with Gasteiger partial charge in [0.15, 0.2) is 0 Å². The summed E-state index contributed by atoms with van der Waals surface area (Å²) in [6.45, 7) is 36.8. The van der Waals surface area contributed by atoms with Gasteiger partial charge in [-0.25, -0.2) is 24.0 Å². The number of carbonyl (C=O) groups excluding carboxylic acids is 8. The molecule has 0 aliphatic carbocycles. The van der Waals surface area contributed by atoms with Gasteiger partial charge in [0.05, 0.1) is 13.1 Å². The highest BCUT2D eigenvalue weighted by atomic mass is 28.4. The third-order valence-electron chi connectivity index (χ3n) is 6.84. The first-order valence-electron chi connectivity index (χ1n) is 22.5. The Balaban J connectivity index is -0.000000281. The fraction of sp³-hybridized carbons (Fsp3) is 0.578. The summed E-state index contributed by atoms with van der Waals surface area (Å²) >= 11 is 0. The second-order valence-corrected chi connectivity index (χ2v) is 17.5. The first-order valence-corrected chi connectivity index (χ1v) is 25.8. The van der Waals surface area contributed by atoms with E-state index in [0.717, 1.165) is 0 Å². The molecule has 0 atom stereocenters. The fourth-order valence-corrected chi connectivity index (χ4v) is 7.67. The van der Waals surface area contributed by atoms with Crippen LogP contribution in [0.1, 0.15) is 88.0 Å². The molecule has 0 unspecified atom stereocenters. The largest absolute Gasteiger partial charge is 0.500 e. The van der Waals surface area contributed by atoms with E-state index in [1.807, 2.05) is 41.5 Å². The molecule has 0 radical (unpaired) electrons. The van der Waals surface area contributed by atoms with Crippen LogP contribution in [0.15, 0.2) is 61.8 Å². The van der Waals surface area contributed by atoms with E-state index < -0.39 is 60.1 Å². The van der Waals surface area contributed by atoms with Crippen LogP contribution in [0, 0.1) is 11.5 Å². The van der Waals surface area contributed by atoms with Gasteiger partial charge in [-0.2, -0.15) is 5.26 Å². The van der Waals surface area contributed by atoms with Gasteiger partial charge in [-0.15, -0.1) is 13.2 Å². The summed E-state index contributed by atoms with van der Waals surface area (Å²) in [7, 11) is -4.52. The van der Waals surface area contributed by atoms with Crippen molar-refractivity contribution in [3.63, 3.8) is 0 Å². The van der Waals surface area contributed by atoms with Crippen LogP contribution in [-0.4, -0.2) is 145 Å². The zero-order valence-corrected chi connectivity index (χ0v) is 45.3. The minimum absolute atomic E-state index is 0.00149. The molecule has 0 aromatic rings. The lowest BCUT2D eigenvalue weighted by Crippen LogP contribution is -2.46. The normalized spacial score (nSPS) is 9.70. The molecule has 406 valence electrons. The lowest BCUT2D eigenvalue weighted by Gasteiger charge is -2.28. The summed E-state index contributed by atoms with van der Waals surface area (Å²) in [5.41, 5.74) is 5.59. The number of ether oxygens (including phenoxy) is 4. The van der Waals surface area contributed by atoms with E-state index in [1.54, 1.807) is 6.92 Å². The van der Waals surface area contributed by atoms with Crippen LogP contribution < -0.4 is 27.0 Å². The molecular weight excluding hydrogens is 969 g/mol. The van der Waals surface area contributed by atoms with Gasteiger partial charge in [0.2, 0.25) is 17.7 Å². The van der Waals surface area contributed by atoms with Gasteiger partial charge in [-0.3, -0.25) is 25.0 Å². The van der Waals surface area contributed by atoms with Gasteiger partial charge in [0, 0.05) is 81.7 Å². The molecule has 0 aliphatic heterocycles. The maximum atomic E-state index is 11.9. The van der Waals surface area contributed by atoms with E-state index in [4.69, 9.17) is 47.0 Å². The van der Waals surface area contributed by atoms with Crippen molar-refractivity contribution in [1.29, 1.82) is 5.26 Å². The minimum atomic E-state index is -2.78. The highest BCUT2D eigenvalue weighted by Crippen LogP contribution is 2.19. The Bertz CT molecular complexity index is 1630. The number of nitrogens with one attached hydrogen (secondary N) is 4. The van der Waals surface area contributed by atoms with Crippen LogP contribution in [0.3, 0.4) is 0 Å². The number of primary amides is 1. The molecule has 6 N–H and O–H groups in total. The van der Waals surface area contributed by atoms with Crippen molar-refractivity contribution in [3.8, 4) is 6.26 Å². The number of nitrogens with zero attached hydrogens (tertiary/aromatic N) is 1. The second-order valence-electron chi connectivity index (χ2n) is 13.2. The number of hydrogen-bond donors (Lipinski definition) is 5. The molecule has 0 spiro atoms. The molecule has 0 rings (SSSR count). The highest BCUT2D eigenvalue weighted by molar-refractivity contribution is 6.60. The van der Waals surface area contributed by atoms with Gasteiger partial charge in [0.1, 0.15) is 26.4 Å². The van der Waals surface area contributed by atoms with Crippen molar-refractivity contribution < 1.29 is 83.9 Å². The number of nitriles is 1. The van der Waals surface area contributed by atoms with E-state index in [0.29, 0.717) is 57.7 Å². The molecule has 0 aromatic heterocycles. The predicted molar refractivity (Wildman–Crippen MR) is 267 cm³/mol. The zero-order valence-electron chi connectivity index (χ0n) is 43.2. The third-order valence-corrected chi connectivity index (χ3v) is 11.8. The van der Waals surface area contributed by atoms with E-state index in [2.05, 4.69) is 63.6 Å². The topological polar surface area (TPSA) is 327 Å². The Morgan fingerprint density at radius 1 is 0.592 bits per heavy atom. The Morgan fingerprint density at radius 2 is 0.972 bits per heavy atom. The van der Waals surface area contributed by atoms with Crippen molar-refractivity contribution in [2.45, 2.75) is 94.0 Å². The predicted octanol–water partition coefficient (Wildman–Crippen LogP) is 3.73. The van der Waals surface area contributed by atoms with Crippen molar-refractivity contribution in [2.75, 3.05) is 79.2 Å². The molecule has 0 fully saturated rings. The number of rotatable bonds is 32. The molecule has 71 heavy (non-hydrogen) atoms. The standard InChI is InChI=1S/C17H32N2O7Si.C11H16N2O4.C7H9NO3.C6H16O3Si.C4H7NO/c1-6-24-27(25-7-2,26-8-3)13-9-10-15(20)19-17(22)18-11-12-23-16(21)14(4)5;1-4-5-9(14)13-11(16)12-6-7-17-10(15)8(2)3;1-6(2)7(9)11-4-3-10-5-8;1-4-7-10(8-5-2)9-6-3;1-2-3-4(5)6/h4,6-13H2,1-3,5H3,(H2,18,19,20,22);4H,1-2,5-7H2,3H3,(H2,12,13,14,16);1,3-4H2,2H3;10H,4-6H2,1-3H3;2H,1,3H2,(H2,5,6). The van der Waals surface area contributed by atoms with Gasteiger partial charge >= 0.3 is 48.3 Å². The van der Waals surface area contributed by atoms with Crippen LogP contribution in [0.2, 0.25) is 6.04 Å². The van der Waals surface area contributed by atoms with Gasteiger partial charge in [0.25, 0.3) is 6.26 Å². The molecule has 0 saturated carbocycles. The summed E-state index contributed by atoms with van der Waals surface area (Å²) in [5, 5.41) is 17.0. The van der Waals surface area contributed by atoms with Crippen molar-refractivity contribution >= 4 is 66.0 Å². The van der Waals surface area contributed by atoms with Crippen LogP contribution in [-0.2, 0) is 74.3 Å². The minimum Gasteiger partial charge on any atom is -0.460 e. The quantitative estimate of drug-likeness (QED) is 0.0122. The third kappa shape index (κ3) is 53.1. The molecule has 26 heteroatoms. The lowest BCUT2D eigenvalue weighted by molar-refractivity contribution is -0.140. The smallest absolute Gasteiger partial charge is 0.460 e. The molecular formula is C45H80N6O18Si2. The summed E-state index contributed by atoms with van der Waals surface area (Å²) in [6.07, 6.45) is 5.28. The Kier molecular flexibility index (Phi) is 53.9. The molecule has 24 nitrogen and oxygen atoms in total. The number of imide groups is 2. The summed E-state index contributed by atoms with van der Waals surface area (Å²) in [4.78, 5) is 88.0. The Hall–Kier alpha value is -6.06. The number of carbonyl (C=O) groups is 8. The van der Waals surface area contributed by atoms with Crippen LogP contribution >= 0.6 is 0 Å². The summed E-state index contributed by atoms with van der Waals surface area (Å²) in [5.74, 6) is -2.71. The number of urea groups is 2. The SMILES string of the molecule is C=C(C)C(=O)OCCNC(=O)NC(=O)CCC[Si](OCC)(OCC)OCC.C=C(C)C(=O)OCCOC#N.C=CCC(=O)NC(=O)NCCOC(=O)C(=C)C.C=CCC(N)=O.CCO[SiH](OCC)OCC. The number of hydrogen-bond acceptors (Lipinski definition) is 19. The fourth-order valence-electron chi connectivity index (χ4n) is 3.96. The van der Waals surface area contributed by atoms with Crippen LogP contribution in [0.25, 0.3) is 0 Å². The molecule has 0 saturated heterocycles. The monoisotopic (exact) mass is 1050 g/mol. The van der Waals surface area contributed by atoms with Crippen molar-refractivity contribution in [1.82, 2.24) is 21.3 Å². The van der Waals surface area contributed by atoms with E-state index >= 15 is 0 Å². The van der Waals surface area contributed by atoms with Crippen molar-refractivity contribution in [2.24, 2.45) is 5.73 Å². The van der Waals surface area contributed by atoms with Crippen LogP contribution in [0.5, 0.6) is 0 Å². The molecule has 0 aromatic carbocycles. The lowest BCUT2D eigenvalue weighted by atomic mass is 10.3. The van der Waals surface area contributed by atoms with Gasteiger partial charge < -0.3 is 61.9 Å². The Morgan fingerprint density at radius 3 is 1.28 bits per heavy atom. The molecule has 0 aliphatic rings. The van der Waals surface area contributed by atoms with Gasteiger partial charge in [-0.1, -0.05) is 31.9 Å². The maximum Gasteiger partial charge on any atom is 0.500 e. The van der Waals surface area contributed by atoms with Gasteiger partial charge in [-0.05, 0) is 68.7 Å². The zero-order chi connectivity index (χ0) is 55.5. The number of amides is 7. The Labute approximate surface area is 422 Å². The molecule has 7 amide bonds. The number of nitrogens with two attached hydrogens (primary N) is 1. The number of esters is 3. The van der Waals surface area contributed by atoms with E-state index in [-0.39, 0.29) is 75.8 Å². The highest BCUT2D eigenvalue weighted by Gasteiger charge is 2.39.